The molecule has 0 bridgehead atoms. The van der Waals surface area contributed by atoms with Crippen LogP contribution in [0.1, 0.15) is 76.9 Å². The first-order valence-corrected chi connectivity index (χ1v) is 10.8. The molecule has 29 heavy (non-hydrogen) atoms. The first kappa shape index (κ1) is 20.3. The number of carbonyl (C=O) groups is 2. The highest BCUT2D eigenvalue weighted by Gasteiger charge is 2.53. The summed E-state index contributed by atoms with van der Waals surface area (Å²) >= 11 is 0. The van der Waals surface area contributed by atoms with Gasteiger partial charge < -0.3 is 9.84 Å². The van der Waals surface area contributed by atoms with Crippen molar-refractivity contribution in [3.63, 3.8) is 0 Å². The molecule has 0 radical (unpaired) electrons. The molecule has 8 heteroatoms. The molecule has 3 fully saturated rings. The molecule has 0 aromatic carbocycles. The second kappa shape index (κ2) is 7.38. The van der Waals surface area contributed by atoms with Gasteiger partial charge in [-0.3, -0.25) is 9.69 Å². The van der Waals surface area contributed by atoms with Gasteiger partial charge in [0, 0.05) is 19.0 Å². The summed E-state index contributed by atoms with van der Waals surface area (Å²) in [7, 11) is 0. The summed E-state index contributed by atoms with van der Waals surface area (Å²) in [5.41, 5.74) is -0.438. The van der Waals surface area contributed by atoms with E-state index in [1.807, 2.05) is 6.92 Å². The zero-order valence-electron chi connectivity index (χ0n) is 18.0. The minimum atomic E-state index is -0.682. The van der Waals surface area contributed by atoms with Gasteiger partial charge in [0.05, 0.1) is 6.67 Å². The lowest BCUT2D eigenvalue weighted by atomic mass is 9.67. The molecule has 4 rings (SSSR count). The van der Waals surface area contributed by atoms with Crippen molar-refractivity contribution in [3.8, 4) is 0 Å². The molecule has 8 nitrogen and oxygen atoms in total. The molecule has 2 aliphatic heterocycles. The van der Waals surface area contributed by atoms with E-state index < -0.39 is 5.54 Å². The van der Waals surface area contributed by atoms with Crippen LogP contribution in [-0.2, 0) is 4.79 Å². The van der Waals surface area contributed by atoms with E-state index in [2.05, 4.69) is 41.1 Å². The van der Waals surface area contributed by atoms with Crippen LogP contribution in [0.2, 0.25) is 0 Å². The molecule has 2 saturated heterocycles. The summed E-state index contributed by atoms with van der Waals surface area (Å²) in [6.45, 7) is 10.6. The van der Waals surface area contributed by atoms with Crippen LogP contribution in [0, 0.1) is 18.3 Å². The van der Waals surface area contributed by atoms with Crippen molar-refractivity contribution in [2.75, 3.05) is 19.8 Å². The third kappa shape index (κ3) is 3.91. The van der Waals surface area contributed by atoms with Gasteiger partial charge in [0.15, 0.2) is 5.82 Å². The van der Waals surface area contributed by atoms with Crippen molar-refractivity contribution < 1.29 is 14.1 Å². The molecular weight excluding hydrogens is 370 g/mol. The number of likely N-dealkylation sites (tertiary alicyclic amines) is 1. The number of aromatic nitrogens is 2. The second-order valence-electron chi connectivity index (χ2n) is 10.1. The molecule has 1 aromatic rings. The van der Waals surface area contributed by atoms with Crippen molar-refractivity contribution >= 4 is 11.9 Å². The Morgan fingerprint density at radius 3 is 2.34 bits per heavy atom. The molecule has 0 atom stereocenters. The molecule has 3 heterocycles. The Balaban J connectivity index is 1.33. The van der Waals surface area contributed by atoms with Crippen LogP contribution in [0.15, 0.2) is 4.52 Å². The molecule has 1 saturated carbocycles. The van der Waals surface area contributed by atoms with Crippen LogP contribution >= 0.6 is 0 Å². The Hall–Kier alpha value is -1.96. The van der Waals surface area contributed by atoms with Crippen LogP contribution in [0.4, 0.5) is 4.79 Å². The summed E-state index contributed by atoms with van der Waals surface area (Å²) < 4.78 is 5.31. The third-order valence-electron chi connectivity index (χ3n) is 7.13. The SMILES string of the molecule is Cc1noc(C2CCN(CN3C(=O)NC4(CCC(C(C)(C)C)CC4)C3=O)CC2)n1. The number of carbonyl (C=O) groups excluding carboxylic acids is 2. The Labute approximate surface area is 172 Å². The van der Waals surface area contributed by atoms with E-state index in [4.69, 9.17) is 4.52 Å². The predicted octanol–water partition coefficient (Wildman–Crippen LogP) is 3.04. The quantitative estimate of drug-likeness (QED) is 0.780. The maximum absolute atomic E-state index is 13.2. The number of hydrogen-bond donors (Lipinski definition) is 1. The maximum atomic E-state index is 13.2. The first-order valence-electron chi connectivity index (χ1n) is 10.8. The molecule has 1 aromatic heterocycles. The Morgan fingerprint density at radius 1 is 1.14 bits per heavy atom. The summed E-state index contributed by atoms with van der Waals surface area (Å²) in [4.78, 5) is 33.8. The lowest BCUT2D eigenvalue weighted by Crippen LogP contribution is -2.51. The number of aryl methyl sites for hydroxylation is 1. The monoisotopic (exact) mass is 403 g/mol. The van der Waals surface area contributed by atoms with Crippen molar-refractivity contribution in [3.05, 3.63) is 11.7 Å². The predicted molar refractivity (Wildman–Crippen MR) is 107 cm³/mol. The summed E-state index contributed by atoms with van der Waals surface area (Å²) in [5.74, 6) is 2.18. The Bertz CT molecular complexity index is 768. The molecule has 1 aliphatic carbocycles. The highest BCUT2D eigenvalue weighted by Crippen LogP contribution is 2.43. The number of urea groups is 1. The van der Waals surface area contributed by atoms with E-state index in [9.17, 15) is 9.59 Å². The van der Waals surface area contributed by atoms with Gasteiger partial charge in [0.2, 0.25) is 5.89 Å². The summed E-state index contributed by atoms with van der Waals surface area (Å²) in [6.07, 6.45) is 5.24. The van der Waals surface area contributed by atoms with Gasteiger partial charge in [-0.15, -0.1) is 0 Å². The summed E-state index contributed by atoms with van der Waals surface area (Å²) in [5, 5.41) is 6.92. The largest absolute Gasteiger partial charge is 0.339 e. The van der Waals surface area contributed by atoms with E-state index in [1.165, 1.54) is 4.90 Å². The highest BCUT2D eigenvalue weighted by atomic mass is 16.5. The molecular formula is C21H33N5O3. The van der Waals surface area contributed by atoms with E-state index in [1.54, 1.807) is 0 Å². The van der Waals surface area contributed by atoms with E-state index in [0.29, 0.717) is 24.3 Å². The topological polar surface area (TPSA) is 91.6 Å². The number of amides is 3. The second-order valence-corrected chi connectivity index (χ2v) is 10.1. The van der Waals surface area contributed by atoms with Crippen molar-refractivity contribution in [2.45, 2.75) is 77.7 Å². The van der Waals surface area contributed by atoms with Crippen molar-refractivity contribution in [2.24, 2.45) is 11.3 Å². The Kier molecular flexibility index (Phi) is 5.17. The van der Waals surface area contributed by atoms with Crippen LogP contribution < -0.4 is 5.32 Å². The molecule has 1 N–H and O–H groups in total. The fourth-order valence-corrected chi connectivity index (χ4v) is 5.12. The van der Waals surface area contributed by atoms with E-state index >= 15 is 0 Å². The van der Waals surface area contributed by atoms with Crippen molar-refractivity contribution in [1.29, 1.82) is 0 Å². The molecule has 3 amide bonds. The number of hydrogen-bond acceptors (Lipinski definition) is 6. The minimum absolute atomic E-state index is 0.0375. The summed E-state index contributed by atoms with van der Waals surface area (Å²) in [6, 6.07) is -0.237. The molecule has 3 aliphatic rings. The smallest absolute Gasteiger partial charge is 0.326 e. The number of piperidine rings is 1. The van der Waals surface area contributed by atoms with Crippen LogP contribution in [-0.4, -0.2) is 57.2 Å². The van der Waals surface area contributed by atoms with Gasteiger partial charge in [0.25, 0.3) is 5.91 Å². The zero-order chi connectivity index (χ0) is 20.8. The van der Waals surface area contributed by atoms with Gasteiger partial charge in [-0.25, -0.2) is 9.69 Å². The molecule has 160 valence electrons. The van der Waals surface area contributed by atoms with Crippen LogP contribution in [0.25, 0.3) is 0 Å². The number of imide groups is 1. The van der Waals surface area contributed by atoms with Crippen LogP contribution in [0.5, 0.6) is 0 Å². The normalized spacial score (nSPS) is 29.7. The average Bonchev–Trinajstić information content (AvgIpc) is 3.20. The maximum Gasteiger partial charge on any atom is 0.326 e. The lowest BCUT2D eigenvalue weighted by Gasteiger charge is -2.40. The third-order valence-corrected chi connectivity index (χ3v) is 7.13. The molecule has 0 unspecified atom stereocenters. The fraction of sp³-hybridized carbons (Fsp3) is 0.810. The number of nitrogens with zero attached hydrogens (tertiary/aromatic N) is 4. The Morgan fingerprint density at radius 2 is 1.79 bits per heavy atom. The lowest BCUT2D eigenvalue weighted by molar-refractivity contribution is -0.134. The number of rotatable bonds is 3. The van der Waals surface area contributed by atoms with Gasteiger partial charge in [-0.05, 0) is 56.8 Å². The van der Waals surface area contributed by atoms with E-state index in [0.717, 1.165) is 51.6 Å². The zero-order valence-corrected chi connectivity index (χ0v) is 18.0. The van der Waals surface area contributed by atoms with Gasteiger partial charge in [-0.1, -0.05) is 25.9 Å². The minimum Gasteiger partial charge on any atom is -0.339 e. The van der Waals surface area contributed by atoms with Crippen LogP contribution in [0.3, 0.4) is 0 Å². The standard InChI is InChI=1S/C21H33N5O3/c1-14-22-17(29-24-14)15-7-11-25(12-8-15)13-26-18(27)21(23-19(26)28)9-5-16(6-10-21)20(2,3)4/h15-16H,5-13H2,1-4H3,(H,23,28). The fourth-order valence-electron chi connectivity index (χ4n) is 5.12. The average molecular weight is 404 g/mol. The van der Waals surface area contributed by atoms with E-state index in [-0.39, 0.29) is 23.3 Å². The number of nitrogens with one attached hydrogen (secondary N) is 1. The van der Waals surface area contributed by atoms with Gasteiger partial charge in [-0.2, -0.15) is 4.98 Å². The molecule has 1 spiro atoms. The highest BCUT2D eigenvalue weighted by molar-refractivity contribution is 6.07. The first-order chi connectivity index (χ1) is 13.7. The van der Waals surface area contributed by atoms with Gasteiger partial charge >= 0.3 is 6.03 Å². The van der Waals surface area contributed by atoms with Gasteiger partial charge in [0.1, 0.15) is 5.54 Å². The van der Waals surface area contributed by atoms with Crippen molar-refractivity contribution in [1.82, 2.24) is 25.3 Å².